The summed E-state index contributed by atoms with van der Waals surface area (Å²) in [5, 5.41) is 3.49. The third-order valence-electron chi connectivity index (χ3n) is 0.832. The highest BCUT2D eigenvalue weighted by atomic mass is 32.2. The maximum absolute atomic E-state index is 5.50. The van der Waals surface area contributed by atoms with E-state index in [0.717, 1.165) is 6.54 Å². The van der Waals surface area contributed by atoms with E-state index < -0.39 is 0 Å². The number of nitrogens with zero attached hydrogens (tertiary/aromatic N) is 1. The topological polar surface area (TPSA) is 50.4 Å². The summed E-state index contributed by atoms with van der Waals surface area (Å²) in [6.45, 7) is 5.45. The molecule has 0 radical (unpaired) electrons. The lowest BCUT2D eigenvalue weighted by Gasteiger charge is -2.02. The van der Waals surface area contributed by atoms with Gasteiger partial charge in [0.15, 0.2) is 5.17 Å². The molecule has 3 nitrogen and oxygen atoms in total. The van der Waals surface area contributed by atoms with Gasteiger partial charge in [-0.25, -0.2) is 0 Å². The van der Waals surface area contributed by atoms with Gasteiger partial charge in [0.1, 0.15) is 4.32 Å². The minimum absolute atomic E-state index is 0.526. The molecule has 0 unspecified atom stereocenters. The van der Waals surface area contributed by atoms with Gasteiger partial charge in [0.05, 0.1) is 0 Å². The van der Waals surface area contributed by atoms with Crippen LogP contribution in [0, 0.1) is 0 Å². The molecule has 0 atom stereocenters. The predicted octanol–water partition coefficient (Wildman–Crippen LogP) is 0.949. The number of amidine groups is 1. The summed E-state index contributed by atoms with van der Waals surface area (Å²) in [5.74, 6) is 0. The third-order valence-corrected chi connectivity index (χ3v) is 1.89. The molecule has 0 bridgehead atoms. The Hall–Kier alpha value is -0.290. The lowest BCUT2D eigenvalue weighted by atomic mass is 10.8. The molecule has 0 aromatic rings. The lowest BCUT2D eigenvalue weighted by Crippen LogP contribution is -2.21. The Morgan fingerprint density at radius 2 is 2.27 bits per heavy atom. The van der Waals surface area contributed by atoms with Gasteiger partial charge in [-0.3, -0.25) is 4.99 Å². The first kappa shape index (κ1) is 10.7. The molecule has 11 heavy (non-hydrogen) atoms. The van der Waals surface area contributed by atoms with E-state index in [9.17, 15) is 0 Å². The van der Waals surface area contributed by atoms with Crippen molar-refractivity contribution in [2.24, 2.45) is 10.7 Å². The summed E-state index contributed by atoms with van der Waals surface area (Å²) < 4.78 is 0.683. The van der Waals surface area contributed by atoms with Gasteiger partial charge < -0.3 is 11.1 Å². The molecule has 0 saturated carbocycles. The quantitative estimate of drug-likeness (QED) is 0.387. The Balaban J connectivity index is 3.66. The van der Waals surface area contributed by atoms with Crippen LogP contribution in [0.25, 0.3) is 0 Å². The standard InChI is InChI=1S/C6H13N3S2/c1-3-8-5(7)11-6(10)9-4-2/h3-4H2,1-2H3,(H2,7,8)(H,9,10). The third kappa shape index (κ3) is 6.12. The average Bonchev–Trinajstić information content (AvgIpc) is 1.87. The first-order chi connectivity index (χ1) is 5.20. The van der Waals surface area contributed by atoms with Crippen molar-refractivity contribution in [3.8, 4) is 0 Å². The molecule has 0 aromatic heterocycles. The van der Waals surface area contributed by atoms with Gasteiger partial charge in [-0.1, -0.05) is 12.2 Å². The molecule has 0 aromatic carbocycles. The predicted molar refractivity (Wildman–Crippen MR) is 56.0 cm³/mol. The second kappa shape index (κ2) is 6.42. The van der Waals surface area contributed by atoms with Crippen molar-refractivity contribution in [2.45, 2.75) is 13.8 Å². The van der Waals surface area contributed by atoms with Gasteiger partial charge in [-0.15, -0.1) is 0 Å². The summed E-state index contributed by atoms with van der Waals surface area (Å²) in [6.07, 6.45) is 0. The summed E-state index contributed by atoms with van der Waals surface area (Å²) in [7, 11) is 0. The molecule has 0 saturated heterocycles. The zero-order chi connectivity index (χ0) is 8.69. The van der Waals surface area contributed by atoms with E-state index in [1.165, 1.54) is 11.8 Å². The Labute approximate surface area is 76.8 Å². The highest BCUT2D eigenvalue weighted by Gasteiger charge is 1.97. The number of thiocarbonyl (C=S) groups is 1. The van der Waals surface area contributed by atoms with Gasteiger partial charge >= 0.3 is 0 Å². The molecule has 3 N–H and O–H groups in total. The smallest absolute Gasteiger partial charge is 0.161 e. The molecule has 5 heteroatoms. The number of hydrogen-bond donors (Lipinski definition) is 2. The summed E-state index contributed by atoms with van der Waals surface area (Å²) in [6, 6.07) is 0. The lowest BCUT2D eigenvalue weighted by molar-refractivity contribution is 0.996. The second-order valence-electron chi connectivity index (χ2n) is 1.73. The van der Waals surface area contributed by atoms with Gasteiger partial charge in [-0.05, 0) is 25.6 Å². The number of hydrogen-bond acceptors (Lipinski definition) is 3. The first-order valence-electron chi connectivity index (χ1n) is 3.46. The Bertz CT molecular complexity index is 156. The Kier molecular flexibility index (Phi) is 6.25. The van der Waals surface area contributed by atoms with Crippen molar-refractivity contribution in [3.63, 3.8) is 0 Å². The van der Waals surface area contributed by atoms with Crippen molar-refractivity contribution in [1.29, 1.82) is 0 Å². The number of nitrogens with two attached hydrogens (primary N) is 1. The van der Waals surface area contributed by atoms with Gasteiger partial charge in [-0.2, -0.15) is 0 Å². The summed E-state index contributed by atoms with van der Waals surface area (Å²) >= 11 is 6.23. The van der Waals surface area contributed by atoms with Crippen molar-refractivity contribution in [3.05, 3.63) is 0 Å². The van der Waals surface area contributed by atoms with E-state index in [0.29, 0.717) is 16.0 Å². The molecule has 0 heterocycles. The molecule has 64 valence electrons. The fourth-order valence-electron chi connectivity index (χ4n) is 0.464. The van der Waals surface area contributed by atoms with Crippen molar-refractivity contribution < 1.29 is 0 Å². The van der Waals surface area contributed by atoms with E-state index in [4.69, 9.17) is 18.0 Å². The van der Waals surface area contributed by atoms with E-state index in [-0.39, 0.29) is 0 Å². The van der Waals surface area contributed by atoms with Crippen LogP contribution in [0.2, 0.25) is 0 Å². The maximum Gasteiger partial charge on any atom is 0.161 e. The minimum atomic E-state index is 0.526. The van der Waals surface area contributed by atoms with Crippen LogP contribution >= 0.6 is 24.0 Å². The van der Waals surface area contributed by atoms with E-state index in [2.05, 4.69) is 10.3 Å². The van der Waals surface area contributed by atoms with Gasteiger partial charge in [0, 0.05) is 13.1 Å². The zero-order valence-electron chi connectivity index (χ0n) is 6.76. The first-order valence-corrected chi connectivity index (χ1v) is 4.68. The van der Waals surface area contributed by atoms with Crippen LogP contribution in [0.4, 0.5) is 0 Å². The minimum Gasteiger partial charge on any atom is -0.378 e. The highest BCUT2D eigenvalue weighted by Crippen LogP contribution is 2.00. The Morgan fingerprint density at radius 3 is 2.73 bits per heavy atom. The molecule has 0 spiro atoms. The van der Waals surface area contributed by atoms with E-state index in [1.807, 2.05) is 13.8 Å². The molecule has 0 aliphatic heterocycles. The van der Waals surface area contributed by atoms with Crippen molar-refractivity contribution >= 4 is 33.5 Å². The molecule has 0 fully saturated rings. The summed E-state index contributed by atoms with van der Waals surface area (Å²) in [4.78, 5) is 3.98. The Morgan fingerprint density at radius 1 is 1.64 bits per heavy atom. The fourth-order valence-corrected chi connectivity index (χ4v) is 1.46. The number of rotatable bonds is 2. The van der Waals surface area contributed by atoms with Crippen LogP contribution in [0.5, 0.6) is 0 Å². The summed E-state index contributed by atoms with van der Waals surface area (Å²) in [5.41, 5.74) is 5.50. The largest absolute Gasteiger partial charge is 0.378 e. The normalized spacial score (nSPS) is 11.3. The number of nitrogens with one attached hydrogen (secondary N) is 1. The molecule has 0 rings (SSSR count). The number of aliphatic imine (C=N–C) groups is 1. The van der Waals surface area contributed by atoms with Crippen molar-refractivity contribution in [1.82, 2.24) is 5.32 Å². The van der Waals surface area contributed by atoms with E-state index in [1.54, 1.807) is 0 Å². The van der Waals surface area contributed by atoms with E-state index >= 15 is 0 Å². The fraction of sp³-hybridized carbons (Fsp3) is 0.667. The van der Waals surface area contributed by atoms with Crippen LogP contribution in [-0.2, 0) is 0 Å². The van der Waals surface area contributed by atoms with Gasteiger partial charge in [0.25, 0.3) is 0 Å². The number of thioether (sulfide) groups is 1. The maximum atomic E-state index is 5.50. The van der Waals surface area contributed by atoms with Crippen LogP contribution in [0.3, 0.4) is 0 Å². The van der Waals surface area contributed by atoms with Gasteiger partial charge in [0.2, 0.25) is 0 Å². The molecule has 0 aliphatic carbocycles. The molecule has 0 amide bonds. The molecular weight excluding hydrogens is 178 g/mol. The van der Waals surface area contributed by atoms with Crippen molar-refractivity contribution in [2.75, 3.05) is 13.1 Å². The molecule has 0 aliphatic rings. The SMILES string of the molecule is CCN=C(N)SC(=S)NCC. The van der Waals surface area contributed by atoms with Crippen LogP contribution in [0.15, 0.2) is 4.99 Å². The molecular formula is C6H13N3S2. The second-order valence-corrected chi connectivity index (χ2v) is 3.43. The zero-order valence-corrected chi connectivity index (χ0v) is 8.39. The van der Waals surface area contributed by atoms with Crippen LogP contribution in [-0.4, -0.2) is 22.6 Å². The highest BCUT2D eigenvalue weighted by molar-refractivity contribution is 8.32. The van der Waals surface area contributed by atoms with Crippen LogP contribution in [0.1, 0.15) is 13.8 Å². The monoisotopic (exact) mass is 191 g/mol. The van der Waals surface area contributed by atoms with Crippen LogP contribution < -0.4 is 11.1 Å². The average molecular weight is 191 g/mol.